The second-order valence-electron chi connectivity index (χ2n) is 4.34. The van der Waals surface area contributed by atoms with Crippen molar-refractivity contribution in [3.05, 3.63) is 37.6 Å². The van der Waals surface area contributed by atoms with Gasteiger partial charge in [-0.1, -0.05) is 0 Å². The Bertz CT molecular complexity index is 645. The minimum Gasteiger partial charge on any atom is -0.353 e. The molecule has 0 aromatic carbocycles. The third kappa shape index (κ3) is 2.94. The molecule has 0 fully saturated rings. The van der Waals surface area contributed by atoms with Crippen molar-refractivity contribution in [2.24, 2.45) is 0 Å². The van der Waals surface area contributed by atoms with Gasteiger partial charge >= 0.3 is 0 Å². The van der Waals surface area contributed by atoms with E-state index in [0.29, 0.717) is 17.9 Å². The summed E-state index contributed by atoms with van der Waals surface area (Å²) in [6.45, 7) is 4.47. The maximum absolute atomic E-state index is 9.29. The summed E-state index contributed by atoms with van der Waals surface area (Å²) < 4.78 is 1.10. The third-order valence-electron chi connectivity index (χ3n) is 2.95. The Morgan fingerprint density at radius 1 is 1.42 bits per heavy atom. The minimum absolute atomic E-state index is 0.601. The Morgan fingerprint density at radius 2 is 2.16 bits per heavy atom. The van der Waals surface area contributed by atoms with Gasteiger partial charge in [0.2, 0.25) is 0 Å². The number of hydrogen-bond acceptors (Lipinski definition) is 5. The lowest BCUT2D eigenvalue weighted by molar-refractivity contribution is 0.848. The van der Waals surface area contributed by atoms with Crippen LogP contribution in [0.5, 0.6) is 0 Å². The molecule has 0 atom stereocenters. The molecule has 2 rings (SSSR count). The number of anilines is 1. The van der Waals surface area contributed by atoms with Gasteiger partial charge in [-0.05, 0) is 52.4 Å². The number of halogens is 1. The van der Waals surface area contributed by atoms with E-state index in [4.69, 9.17) is 0 Å². The molecule has 19 heavy (non-hydrogen) atoms. The maximum atomic E-state index is 9.29. The number of nitriles is 1. The topological polar surface area (TPSA) is 52.8 Å². The largest absolute Gasteiger partial charge is 0.353 e. The van der Waals surface area contributed by atoms with E-state index in [9.17, 15) is 5.26 Å². The smallest absolute Gasteiger partial charge is 0.169 e. The fraction of sp³-hybridized carbons (Fsp3) is 0.308. The highest BCUT2D eigenvalue weighted by molar-refractivity contribution is 9.11. The van der Waals surface area contributed by atoms with Gasteiger partial charge in [0.25, 0.3) is 0 Å². The first kappa shape index (κ1) is 14.0. The first-order chi connectivity index (χ1) is 9.02. The molecule has 2 aromatic rings. The quantitative estimate of drug-likeness (QED) is 0.861. The normalized spacial score (nSPS) is 10.3. The van der Waals surface area contributed by atoms with Crippen LogP contribution in [-0.4, -0.2) is 17.2 Å². The fourth-order valence-electron chi connectivity index (χ4n) is 1.77. The summed E-state index contributed by atoms with van der Waals surface area (Å²) in [7, 11) is 1.92. The van der Waals surface area contributed by atoms with Gasteiger partial charge in [0.1, 0.15) is 11.6 Å². The summed E-state index contributed by atoms with van der Waals surface area (Å²) in [5.74, 6) is 0.632. The van der Waals surface area contributed by atoms with Gasteiger partial charge in [0, 0.05) is 13.6 Å². The van der Waals surface area contributed by atoms with Gasteiger partial charge in [-0.15, -0.1) is 16.4 Å². The van der Waals surface area contributed by atoms with Gasteiger partial charge in [-0.3, -0.25) is 0 Å². The molecule has 0 N–H and O–H groups in total. The Labute approximate surface area is 124 Å². The van der Waals surface area contributed by atoms with Crippen LogP contribution in [0.4, 0.5) is 5.82 Å². The molecule has 6 heteroatoms. The zero-order valence-corrected chi connectivity index (χ0v) is 13.3. The average molecular weight is 337 g/mol. The zero-order chi connectivity index (χ0) is 14.0. The second kappa shape index (κ2) is 5.68. The van der Waals surface area contributed by atoms with Crippen molar-refractivity contribution >= 4 is 33.1 Å². The molecule has 0 spiro atoms. The minimum atomic E-state index is 0.601. The highest BCUT2D eigenvalue weighted by atomic mass is 79.9. The van der Waals surface area contributed by atoms with E-state index in [-0.39, 0.29) is 0 Å². The van der Waals surface area contributed by atoms with E-state index in [1.807, 2.05) is 25.8 Å². The van der Waals surface area contributed by atoms with E-state index < -0.39 is 0 Å². The molecular weight excluding hydrogens is 324 g/mol. The van der Waals surface area contributed by atoms with Crippen molar-refractivity contribution in [3.8, 4) is 6.07 Å². The monoisotopic (exact) mass is 336 g/mol. The highest BCUT2D eigenvalue weighted by Crippen LogP contribution is 2.25. The molecule has 2 heterocycles. The molecule has 0 bridgehead atoms. The average Bonchev–Trinajstić information content (AvgIpc) is 2.77. The zero-order valence-electron chi connectivity index (χ0n) is 10.9. The van der Waals surface area contributed by atoms with Crippen molar-refractivity contribution < 1.29 is 0 Å². The standard InChI is InChI=1S/C13H13BrN4S/c1-8-9(2)16-17-13(11(8)5-15)18(3)6-10-4-12(14)19-7-10/h4,7H,6H2,1-3H3. The van der Waals surface area contributed by atoms with Gasteiger partial charge in [0.05, 0.1) is 9.48 Å². The number of nitrogens with zero attached hydrogens (tertiary/aromatic N) is 4. The van der Waals surface area contributed by atoms with E-state index in [1.165, 1.54) is 5.56 Å². The molecule has 0 unspecified atom stereocenters. The molecule has 0 aliphatic heterocycles. The van der Waals surface area contributed by atoms with E-state index >= 15 is 0 Å². The van der Waals surface area contributed by atoms with Crippen molar-refractivity contribution in [1.82, 2.24) is 10.2 Å². The van der Waals surface area contributed by atoms with E-state index in [0.717, 1.165) is 15.0 Å². The number of aryl methyl sites for hydroxylation is 1. The Hall–Kier alpha value is -1.45. The van der Waals surface area contributed by atoms with Gasteiger partial charge in [-0.2, -0.15) is 10.4 Å². The molecule has 2 aromatic heterocycles. The lowest BCUT2D eigenvalue weighted by atomic mass is 10.1. The fourth-order valence-corrected chi connectivity index (χ4v) is 2.97. The Morgan fingerprint density at radius 3 is 2.74 bits per heavy atom. The summed E-state index contributed by atoms with van der Waals surface area (Å²) in [4.78, 5) is 1.95. The number of rotatable bonds is 3. The van der Waals surface area contributed by atoms with Crippen LogP contribution < -0.4 is 4.90 Å². The predicted octanol–water partition coefficient (Wildman–Crippen LogP) is 3.43. The predicted molar refractivity (Wildman–Crippen MR) is 80.3 cm³/mol. The molecular formula is C13H13BrN4S. The van der Waals surface area contributed by atoms with Crippen LogP contribution in [0.3, 0.4) is 0 Å². The van der Waals surface area contributed by atoms with Crippen LogP contribution in [-0.2, 0) is 6.54 Å². The van der Waals surface area contributed by atoms with E-state index in [1.54, 1.807) is 11.3 Å². The lowest BCUT2D eigenvalue weighted by Crippen LogP contribution is -2.20. The van der Waals surface area contributed by atoms with Crippen molar-refractivity contribution in [3.63, 3.8) is 0 Å². The van der Waals surface area contributed by atoms with Crippen LogP contribution in [0, 0.1) is 25.2 Å². The number of hydrogen-bond donors (Lipinski definition) is 0. The SMILES string of the molecule is Cc1nnc(N(C)Cc2csc(Br)c2)c(C#N)c1C. The van der Waals surface area contributed by atoms with Crippen molar-refractivity contribution in [2.45, 2.75) is 20.4 Å². The summed E-state index contributed by atoms with van der Waals surface area (Å²) in [5, 5.41) is 19.6. The van der Waals surface area contributed by atoms with Crippen molar-refractivity contribution in [1.29, 1.82) is 5.26 Å². The van der Waals surface area contributed by atoms with Crippen LogP contribution in [0.25, 0.3) is 0 Å². The first-order valence-corrected chi connectivity index (χ1v) is 7.38. The number of aromatic nitrogens is 2. The summed E-state index contributed by atoms with van der Waals surface area (Å²) in [6.07, 6.45) is 0. The summed E-state index contributed by atoms with van der Waals surface area (Å²) in [5.41, 5.74) is 3.48. The Kier molecular flexibility index (Phi) is 4.17. The molecule has 0 saturated carbocycles. The van der Waals surface area contributed by atoms with Crippen LogP contribution >= 0.6 is 27.3 Å². The summed E-state index contributed by atoms with van der Waals surface area (Å²) in [6, 6.07) is 4.30. The molecule has 0 radical (unpaired) electrons. The van der Waals surface area contributed by atoms with Crippen LogP contribution in [0.1, 0.15) is 22.4 Å². The molecule has 0 aliphatic carbocycles. The van der Waals surface area contributed by atoms with E-state index in [2.05, 4.69) is 43.6 Å². The molecule has 0 aliphatic rings. The maximum Gasteiger partial charge on any atom is 0.169 e. The number of thiophene rings is 1. The third-order valence-corrected chi connectivity index (χ3v) is 4.50. The molecule has 0 amide bonds. The van der Waals surface area contributed by atoms with Gasteiger partial charge < -0.3 is 4.90 Å². The van der Waals surface area contributed by atoms with Gasteiger partial charge in [-0.25, -0.2) is 0 Å². The lowest BCUT2D eigenvalue weighted by Gasteiger charge is -2.19. The first-order valence-electron chi connectivity index (χ1n) is 5.71. The summed E-state index contributed by atoms with van der Waals surface area (Å²) >= 11 is 5.09. The Balaban J connectivity index is 2.32. The second-order valence-corrected chi connectivity index (χ2v) is 6.63. The highest BCUT2D eigenvalue weighted by Gasteiger charge is 2.15. The van der Waals surface area contributed by atoms with Crippen LogP contribution in [0.2, 0.25) is 0 Å². The molecule has 4 nitrogen and oxygen atoms in total. The van der Waals surface area contributed by atoms with Crippen LogP contribution in [0.15, 0.2) is 15.2 Å². The molecule has 98 valence electrons. The molecule has 0 saturated heterocycles. The van der Waals surface area contributed by atoms with Gasteiger partial charge in [0.15, 0.2) is 5.82 Å². The van der Waals surface area contributed by atoms with Crippen molar-refractivity contribution in [2.75, 3.05) is 11.9 Å².